The van der Waals surface area contributed by atoms with Gasteiger partial charge in [-0.05, 0) is 35.9 Å². The molecule has 1 fully saturated rings. The van der Waals surface area contributed by atoms with Gasteiger partial charge in [0, 0.05) is 5.69 Å². The molecular formula is C14H17N4. The van der Waals surface area contributed by atoms with E-state index in [2.05, 4.69) is 47.0 Å². The zero-order valence-electron chi connectivity index (χ0n) is 10.7. The number of para-hydroxylation sites is 1. The minimum absolute atomic E-state index is 0.209. The first-order valence-corrected chi connectivity index (χ1v) is 6.30. The molecule has 2 aliphatic rings. The van der Waals surface area contributed by atoms with Crippen molar-refractivity contribution in [1.82, 2.24) is 5.53 Å². The Kier molecular flexibility index (Phi) is 2.58. The summed E-state index contributed by atoms with van der Waals surface area (Å²) in [6, 6.07) is 10.4. The van der Waals surface area contributed by atoms with Crippen molar-refractivity contribution in [3.8, 4) is 0 Å². The van der Waals surface area contributed by atoms with Gasteiger partial charge in [0.25, 0.3) is 0 Å². The Balaban J connectivity index is 1.84. The van der Waals surface area contributed by atoms with E-state index < -0.39 is 0 Å². The number of fused-ring (bicyclic) bond motifs is 1. The van der Waals surface area contributed by atoms with E-state index in [1.54, 1.807) is 0 Å². The van der Waals surface area contributed by atoms with Crippen molar-refractivity contribution in [3.63, 3.8) is 0 Å². The second kappa shape index (κ2) is 4.12. The Morgan fingerprint density at radius 1 is 1.17 bits per heavy atom. The topological polar surface area (TPSA) is 50.9 Å². The van der Waals surface area contributed by atoms with Gasteiger partial charge in [-0.15, -0.1) is 10.2 Å². The Hall–Kier alpha value is -1.84. The highest BCUT2D eigenvalue weighted by Crippen LogP contribution is 2.35. The number of nitrogens with zero attached hydrogens (tertiary/aromatic N) is 3. The fourth-order valence-electron chi connectivity index (χ4n) is 2.66. The summed E-state index contributed by atoms with van der Waals surface area (Å²) in [5, 5.41) is 11.9. The van der Waals surface area contributed by atoms with Crippen molar-refractivity contribution >= 4 is 17.1 Å². The third-order valence-electron chi connectivity index (χ3n) is 3.46. The van der Waals surface area contributed by atoms with Crippen molar-refractivity contribution < 1.29 is 0 Å². The molecule has 1 unspecified atom stereocenters. The molecule has 4 heteroatoms. The van der Waals surface area contributed by atoms with E-state index >= 15 is 0 Å². The molecule has 18 heavy (non-hydrogen) atoms. The molecule has 93 valence electrons. The second-order valence-corrected chi connectivity index (χ2v) is 5.73. The van der Waals surface area contributed by atoms with Crippen molar-refractivity contribution in [2.24, 2.45) is 15.6 Å². The van der Waals surface area contributed by atoms with Crippen LogP contribution in [0.3, 0.4) is 0 Å². The first-order chi connectivity index (χ1) is 8.64. The van der Waals surface area contributed by atoms with Crippen molar-refractivity contribution in [2.75, 3.05) is 5.32 Å². The van der Waals surface area contributed by atoms with Gasteiger partial charge in [-0.3, -0.25) is 0 Å². The molecule has 1 aliphatic carbocycles. The molecule has 0 spiro atoms. The zero-order chi connectivity index (χ0) is 12.6. The highest BCUT2D eigenvalue weighted by atomic mass is 15.5. The summed E-state index contributed by atoms with van der Waals surface area (Å²) in [4.78, 5) is 0. The van der Waals surface area contributed by atoms with Crippen molar-refractivity contribution in [3.05, 3.63) is 30.3 Å². The van der Waals surface area contributed by atoms with Crippen LogP contribution in [0.1, 0.15) is 26.7 Å². The van der Waals surface area contributed by atoms with E-state index in [0.29, 0.717) is 0 Å². The molecule has 1 aliphatic heterocycles. The number of nitrogens with one attached hydrogen (secondary N) is 1. The standard InChI is InChI=1S/C14H17N4/c1-14(2)8-11(13-12(9-14)16-18-17-13)15-10-6-4-3-5-7-10/h3-7,11,15H,8-9H2,1-2H3. The Labute approximate surface area is 107 Å². The van der Waals surface area contributed by atoms with Crippen LogP contribution in [0.15, 0.2) is 40.5 Å². The van der Waals surface area contributed by atoms with Crippen LogP contribution in [0.25, 0.3) is 0 Å². The first-order valence-electron chi connectivity index (χ1n) is 6.30. The molecule has 1 aromatic carbocycles. The van der Waals surface area contributed by atoms with Gasteiger partial charge in [-0.1, -0.05) is 32.0 Å². The molecule has 3 rings (SSSR count). The molecule has 1 atom stereocenters. The smallest absolute Gasteiger partial charge is 0.110 e. The maximum absolute atomic E-state index is 4.18. The van der Waals surface area contributed by atoms with E-state index in [1.165, 1.54) is 0 Å². The fourth-order valence-corrected chi connectivity index (χ4v) is 2.66. The predicted octanol–water partition coefficient (Wildman–Crippen LogP) is 2.62. The normalized spacial score (nSPS) is 24.7. The van der Waals surface area contributed by atoms with E-state index in [0.717, 1.165) is 30.0 Å². The molecule has 0 aromatic heterocycles. The molecule has 1 radical (unpaired) electrons. The molecule has 1 saturated carbocycles. The lowest BCUT2D eigenvalue weighted by Gasteiger charge is -2.35. The number of rotatable bonds is 2. The van der Waals surface area contributed by atoms with Gasteiger partial charge >= 0.3 is 0 Å². The van der Waals surface area contributed by atoms with Gasteiger partial charge in [0.2, 0.25) is 0 Å². The van der Waals surface area contributed by atoms with Crippen LogP contribution in [0.2, 0.25) is 0 Å². The van der Waals surface area contributed by atoms with Gasteiger partial charge < -0.3 is 5.32 Å². The fraction of sp³-hybridized carbons (Fsp3) is 0.429. The largest absolute Gasteiger partial charge is 0.376 e. The lowest BCUT2D eigenvalue weighted by Crippen LogP contribution is -2.44. The lowest BCUT2D eigenvalue weighted by atomic mass is 9.73. The van der Waals surface area contributed by atoms with Gasteiger partial charge in [0.1, 0.15) is 5.71 Å². The van der Waals surface area contributed by atoms with Crippen LogP contribution < -0.4 is 10.9 Å². The number of anilines is 1. The summed E-state index contributed by atoms with van der Waals surface area (Å²) >= 11 is 0. The molecular weight excluding hydrogens is 224 g/mol. The van der Waals surface area contributed by atoms with Crippen LogP contribution >= 0.6 is 0 Å². The molecule has 0 amide bonds. The van der Waals surface area contributed by atoms with E-state index in [-0.39, 0.29) is 11.5 Å². The van der Waals surface area contributed by atoms with Crippen LogP contribution in [0, 0.1) is 5.41 Å². The minimum atomic E-state index is 0.209. The van der Waals surface area contributed by atoms with Crippen LogP contribution in [-0.2, 0) is 0 Å². The number of benzene rings is 1. The molecule has 1 heterocycles. The summed E-state index contributed by atoms with van der Waals surface area (Å²) in [7, 11) is 0. The SMILES string of the molecule is CC1(C)CC2=N[N]N=C2C(Nc2ccccc2)C1. The first kappa shape index (κ1) is 11.3. The van der Waals surface area contributed by atoms with E-state index in [1.807, 2.05) is 18.2 Å². The summed E-state index contributed by atoms with van der Waals surface area (Å²) in [5.41, 5.74) is 7.23. The predicted molar refractivity (Wildman–Crippen MR) is 73.9 cm³/mol. The lowest BCUT2D eigenvalue weighted by molar-refractivity contribution is 0.340. The minimum Gasteiger partial charge on any atom is -0.376 e. The quantitative estimate of drug-likeness (QED) is 0.850. The summed E-state index contributed by atoms with van der Waals surface area (Å²) < 4.78 is 0. The van der Waals surface area contributed by atoms with Gasteiger partial charge in [-0.25, -0.2) is 0 Å². The number of hydrogen-bond donors (Lipinski definition) is 1. The highest BCUT2D eigenvalue weighted by Gasteiger charge is 2.38. The van der Waals surface area contributed by atoms with E-state index in [4.69, 9.17) is 0 Å². The van der Waals surface area contributed by atoms with Crippen molar-refractivity contribution in [2.45, 2.75) is 32.7 Å². The average molecular weight is 241 g/mol. The van der Waals surface area contributed by atoms with Gasteiger partial charge in [0.15, 0.2) is 0 Å². The Bertz CT molecular complexity index is 502. The van der Waals surface area contributed by atoms with Crippen LogP contribution in [0.5, 0.6) is 0 Å². The molecule has 0 saturated heterocycles. The number of hydrogen-bond acceptors (Lipinski definition) is 3. The summed E-state index contributed by atoms with van der Waals surface area (Å²) in [5.74, 6) is 0. The summed E-state index contributed by atoms with van der Waals surface area (Å²) in [6.07, 6.45) is 2.01. The van der Waals surface area contributed by atoms with Crippen molar-refractivity contribution in [1.29, 1.82) is 0 Å². The molecule has 4 nitrogen and oxygen atoms in total. The molecule has 0 bridgehead atoms. The highest BCUT2D eigenvalue weighted by molar-refractivity contribution is 6.46. The summed E-state index contributed by atoms with van der Waals surface area (Å²) in [6.45, 7) is 4.54. The van der Waals surface area contributed by atoms with Gasteiger partial charge in [-0.2, -0.15) is 0 Å². The third kappa shape index (κ3) is 2.10. The second-order valence-electron chi connectivity index (χ2n) is 5.73. The third-order valence-corrected chi connectivity index (χ3v) is 3.46. The zero-order valence-corrected chi connectivity index (χ0v) is 10.7. The maximum Gasteiger partial charge on any atom is 0.110 e. The van der Waals surface area contributed by atoms with E-state index in [9.17, 15) is 0 Å². The average Bonchev–Trinajstić information content (AvgIpc) is 2.76. The van der Waals surface area contributed by atoms with Gasteiger partial charge in [0.05, 0.1) is 11.8 Å². The molecule has 1 N–H and O–H groups in total. The maximum atomic E-state index is 4.18. The molecule has 1 aromatic rings. The van der Waals surface area contributed by atoms with Crippen LogP contribution in [-0.4, -0.2) is 17.5 Å². The van der Waals surface area contributed by atoms with Crippen LogP contribution in [0.4, 0.5) is 5.69 Å². The monoisotopic (exact) mass is 241 g/mol. The Morgan fingerprint density at radius 2 is 1.94 bits per heavy atom. The Morgan fingerprint density at radius 3 is 2.72 bits per heavy atom.